The number of hydrogen-bond donors (Lipinski definition) is 0. The highest BCUT2D eigenvalue weighted by Crippen LogP contribution is 2.54. The van der Waals surface area contributed by atoms with Crippen LogP contribution in [0, 0.1) is 0 Å². The van der Waals surface area contributed by atoms with Gasteiger partial charge in [0.1, 0.15) is 0 Å². The highest BCUT2D eigenvalue weighted by molar-refractivity contribution is 7.20. The highest BCUT2D eigenvalue weighted by atomic mass is 28.3. The number of nitrogens with zero attached hydrogens (tertiary/aromatic N) is 3. The molecule has 18 rings (SSSR count). The van der Waals surface area contributed by atoms with E-state index in [1.54, 1.807) is 0 Å². The number of para-hydroxylation sites is 4. The fourth-order valence-electron chi connectivity index (χ4n) is 15.9. The zero-order chi connectivity index (χ0) is 62.8. The van der Waals surface area contributed by atoms with E-state index in [0.717, 1.165) is 95.4 Å². The van der Waals surface area contributed by atoms with Gasteiger partial charge in [-0.05, 0) is 113 Å². The lowest BCUT2D eigenvalue weighted by atomic mass is 9.33. The smallest absolute Gasteiger partial charge is 0.252 e. The quantitative estimate of drug-likeness (QED) is 0.0892. The van der Waals surface area contributed by atoms with Crippen molar-refractivity contribution in [1.82, 2.24) is 4.57 Å². The molecule has 2 aliphatic rings. The minimum absolute atomic E-state index is 0.267. The zero-order valence-corrected chi connectivity index (χ0v) is 53.2. The number of fused-ring (bicyclic) bond motifs is 7. The summed E-state index contributed by atoms with van der Waals surface area (Å²) >= 11 is 0. The van der Waals surface area contributed by atoms with Gasteiger partial charge in [-0.3, -0.25) is 0 Å². The van der Waals surface area contributed by atoms with Gasteiger partial charge in [0.05, 0.1) is 22.4 Å². The molecule has 0 unspecified atom stereocenters. The van der Waals surface area contributed by atoms with Crippen LogP contribution in [-0.4, -0.2) is 19.4 Å². The Morgan fingerprint density at radius 3 is 1.02 bits per heavy atom. The first-order valence-corrected chi connectivity index (χ1v) is 34.9. The SMILES string of the molecule is c1ccc(-c2cc3c4c(c2)N(c2c(-c5ccccc5)cccc2-c2ccccc2)c2cc(-n5c6ccccc6c6ccccc65)ccc2B4c2cc([Si](c4ccccc4)(c4ccccc4)c4ccccc4)ccc2N3c2c(-c3ccccc3)cccc2-c2ccccc2)cc1. The predicted molar refractivity (Wildman–Crippen MR) is 406 cm³/mol. The summed E-state index contributed by atoms with van der Waals surface area (Å²) in [5.74, 6) is 0. The highest BCUT2D eigenvalue weighted by Gasteiger charge is 2.48. The van der Waals surface area contributed by atoms with Crippen LogP contribution in [0.25, 0.3) is 83.1 Å². The molecule has 0 fully saturated rings. The van der Waals surface area contributed by atoms with Crippen LogP contribution in [0.4, 0.5) is 34.1 Å². The summed E-state index contributed by atoms with van der Waals surface area (Å²) in [5, 5.41) is 7.76. The van der Waals surface area contributed by atoms with Gasteiger partial charge in [-0.2, -0.15) is 0 Å². The Labute approximate surface area is 556 Å². The molecule has 95 heavy (non-hydrogen) atoms. The number of aromatic nitrogens is 1. The van der Waals surface area contributed by atoms with Crippen LogP contribution in [0.15, 0.2) is 376 Å². The lowest BCUT2D eigenvalue weighted by Gasteiger charge is -2.46. The molecule has 16 aromatic rings. The predicted octanol–water partition coefficient (Wildman–Crippen LogP) is 18.6. The van der Waals surface area contributed by atoms with Gasteiger partial charge >= 0.3 is 0 Å². The fraction of sp³-hybridized carbons (Fsp3) is 0. The molecule has 0 saturated carbocycles. The molecule has 0 saturated heterocycles. The molecule has 15 aromatic carbocycles. The van der Waals surface area contributed by atoms with E-state index in [2.05, 4.69) is 390 Å². The van der Waals surface area contributed by atoms with Crippen molar-refractivity contribution in [3.63, 3.8) is 0 Å². The summed E-state index contributed by atoms with van der Waals surface area (Å²) < 4.78 is 2.49. The van der Waals surface area contributed by atoms with Gasteiger partial charge in [0.25, 0.3) is 6.71 Å². The van der Waals surface area contributed by atoms with Crippen LogP contribution in [0.3, 0.4) is 0 Å². The fourth-order valence-corrected chi connectivity index (χ4v) is 20.7. The monoisotopic (exact) mass is 1220 g/mol. The van der Waals surface area contributed by atoms with E-state index in [9.17, 15) is 0 Å². The Morgan fingerprint density at radius 2 is 0.600 bits per heavy atom. The van der Waals surface area contributed by atoms with Crippen LogP contribution >= 0.6 is 0 Å². The topological polar surface area (TPSA) is 11.4 Å². The van der Waals surface area contributed by atoms with Gasteiger partial charge in [-0.25, -0.2) is 0 Å². The summed E-state index contributed by atoms with van der Waals surface area (Å²) in [6.07, 6.45) is 0. The van der Waals surface area contributed by atoms with Gasteiger partial charge in [0.15, 0.2) is 8.07 Å². The third-order valence-corrected chi connectivity index (χ3v) is 24.7. The van der Waals surface area contributed by atoms with E-state index >= 15 is 0 Å². The van der Waals surface area contributed by atoms with Gasteiger partial charge in [-0.1, -0.05) is 334 Å². The molecule has 0 aliphatic carbocycles. The number of benzene rings is 15. The molecule has 0 N–H and O–H groups in total. The van der Waals surface area contributed by atoms with Crippen molar-refractivity contribution >= 4 is 108 Å². The molecule has 2 aliphatic heterocycles. The van der Waals surface area contributed by atoms with Gasteiger partial charge in [0.2, 0.25) is 0 Å². The summed E-state index contributed by atoms with van der Waals surface area (Å²) in [5.41, 5.74) is 25.3. The third kappa shape index (κ3) is 9.11. The van der Waals surface area contributed by atoms with Crippen LogP contribution in [0.5, 0.6) is 0 Å². The summed E-state index contributed by atoms with van der Waals surface area (Å²) in [7, 11) is -3.15. The largest absolute Gasteiger partial charge is 0.310 e. The van der Waals surface area contributed by atoms with E-state index in [0.29, 0.717) is 0 Å². The van der Waals surface area contributed by atoms with E-state index in [1.807, 2.05) is 0 Å². The molecule has 0 atom stereocenters. The molecule has 3 nitrogen and oxygen atoms in total. The normalized spacial score (nSPS) is 12.4. The third-order valence-electron chi connectivity index (χ3n) is 19.9. The molecular formula is C90H62BN3Si. The van der Waals surface area contributed by atoms with Crippen LogP contribution < -0.4 is 46.9 Å². The number of anilines is 6. The molecule has 0 amide bonds. The first-order chi connectivity index (χ1) is 47.2. The van der Waals surface area contributed by atoms with Crippen molar-refractivity contribution < 1.29 is 0 Å². The summed E-state index contributed by atoms with van der Waals surface area (Å²) in [4.78, 5) is 5.36. The molecule has 1 aromatic heterocycles. The van der Waals surface area contributed by atoms with E-state index in [-0.39, 0.29) is 6.71 Å². The molecule has 3 heterocycles. The second-order valence-corrected chi connectivity index (χ2v) is 28.8. The van der Waals surface area contributed by atoms with Crippen molar-refractivity contribution in [2.75, 3.05) is 9.80 Å². The van der Waals surface area contributed by atoms with Gasteiger partial charge in [-0.15, -0.1) is 0 Å². The van der Waals surface area contributed by atoms with Gasteiger partial charge < -0.3 is 14.4 Å². The molecular weight excluding hydrogens is 1160 g/mol. The Morgan fingerprint density at radius 1 is 0.232 bits per heavy atom. The molecule has 5 heteroatoms. The second kappa shape index (κ2) is 23.3. The first kappa shape index (κ1) is 55.8. The van der Waals surface area contributed by atoms with E-state index in [1.165, 1.54) is 58.9 Å². The van der Waals surface area contributed by atoms with Crippen molar-refractivity contribution in [3.8, 4) is 61.3 Å². The van der Waals surface area contributed by atoms with Crippen molar-refractivity contribution in [3.05, 3.63) is 376 Å². The lowest BCUT2D eigenvalue weighted by Crippen LogP contribution is -2.75. The van der Waals surface area contributed by atoms with Crippen molar-refractivity contribution in [1.29, 1.82) is 0 Å². The van der Waals surface area contributed by atoms with Crippen molar-refractivity contribution in [2.45, 2.75) is 0 Å². The zero-order valence-electron chi connectivity index (χ0n) is 52.2. The Kier molecular flexibility index (Phi) is 13.7. The molecule has 0 bridgehead atoms. The number of rotatable bonds is 12. The molecule has 0 spiro atoms. The van der Waals surface area contributed by atoms with Gasteiger partial charge in [0, 0.05) is 61.5 Å². The van der Waals surface area contributed by atoms with Crippen LogP contribution in [0.2, 0.25) is 0 Å². The first-order valence-electron chi connectivity index (χ1n) is 32.9. The van der Waals surface area contributed by atoms with Crippen molar-refractivity contribution in [2.24, 2.45) is 0 Å². The molecule has 444 valence electrons. The summed E-state index contributed by atoms with van der Waals surface area (Å²) in [6.45, 7) is -0.267. The maximum atomic E-state index is 2.68. The maximum Gasteiger partial charge on any atom is 0.252 e. The lowest BCUT2D eigenvalue weighted by molar-refractivity contribution is 1.17. The Balaban J connectivity index is 1.04. The summed E-state index contributed by atoms with van der Waals surface area (Å²) in [6, 6.07) is 141. The average molecular weight is 1220 g/mol. The standard InChI is InChI=1S/C90H62BN3Si/c1-9-31-63(32-10-1)68-59-86-88-87(60-68)94(90-76(66-37-15-4-16-38-66)51-30-52-77(90)67-39-17-5-18-40-67)85-61-69(92-82-53-27-25-47-78(82)79-48-26-28-54-83(79)92)55-57-80(85)91(88)81-62-73(95(70-41-19-6-20-42-70,71-43-21-7-22-44-71)72-45-23-8-24-46-72)56-58-84(81)93(86)89-74(64-33-11-2-12-34-64)49-29-50-75(89)65-35-13-3-14-36-65/h1-62H. The van der Waals surface area contributed by atoms with E-state index < -0.39 is 8.07 Å². The maximum absolute atomic E-state index is 3.15. The average Bonchev–Trinajstić information content (AvgIpc) is 0.915. The minimum Gasteiger partial charge on any atom is -0.310 e. The van der Waals surface area contributed by atoms with Crippen LogP contribution in [0.1, 0.15) is 0 Å². The van der Waals surface area contributed by atoms with E-state index in [4.69, 9.17) is 0 Å². The Hall–Kier alpha value is -12.0. The van der Waals surface area contributed by atoms with Crippen LogP contribution in [-0.2, 0) is 0 Å². The Bertz CT molecular complexity index is 5270. The number of hydrogen-bond acceptors (Lipinski definition) is 2. The molecule has 0 radical (unpaired) electrons. The minimum atomic E-state index is -3.15. The second-order valence-electron chi connectivity index (χ2n) is 25.0.